The zero-order valence-electron chi connectivity index (χ0n) is 19.9. The number of anilines is 2. The fourth-order valence-corrected chi connectivity index (χ4v) is 4.48. The zero-order valence-corrected chi connectivity index (χ0v) is 19.9. The number of Topliss-reactive ketones (excluding diaryl/α,β-unsaturated/α-hetero) is 1. The second-order valence-electron chi connectivity index (χ2n) is 9.96. The summed E-state index contributed by atoms with van der Waals surface area (Å²) in [6.45, 7) is 8.43. The minimum Gasteiger partial charge on any atom is -0.396 e. The van der Waals surface area contributed by atoms with Gasteiger partial charge in [0.1, 0.15) is 0 Å². The summed E-state index contributed by atoms with van der Waals surface area (Å²) in [4.78, 5) is 27.7. The Labute approximate surface area is 196 Å². The van der Waals surface area contributed by atoms with E-state index < -0.39 is 0 Å². The maximum Gasteiger partial charge on any atom is 0.251 e. The van der Waals surface area contributed by atoms with Crippen LogP contribution in [0.5, 0.6) is 0 Å². The molecular weight excluding hydrogens is 414 g/mol. The first-order valence-corrected chi connectivity index (χ1v) is 12.0. The first kappa shape index (κ1) is 23.5. The number of carbonyl (C=O) groups is 2. The molecule has 0 aliphatic heterocycles. The molecule has 1 amide bonds. The number of amides is 1. The molecule has 0 atom stereocenters. The fourth-order valence-electron chi connectivity index (χ4n) is 4.48. The van der Waals surface area contributed by atoms with Gasteiger partial charge in [0.15, 0.2) is 5.78 Å². The number of aliphatic hydroxyl groups excluding tert-OH is 1. The van der Waals surface area contributed by atoms with Gasteiger partial charge in [-0.2, -0.15) is 0 Å². The maximum absolute atomic E-state index is 12.7. The molecule has 176 valence electrons. The van der Waals surface area contributed by atoms with E-state index >= 15 is 0 Å². The number of carbonyl (C=O) groups excluding carboxylic acids is 2. The second kappa shape index (κ2) is 9.65. The number of hydrogen-bond acceptors (Lipinski definition) is 5. The molecule has 0 bridgehead atoms. The molecule has 0 unspecified atom stereocenters. The molecule has 6 heteroatoms. The van der Waals surface area contributed by atoms with Crippen molar-refractivity contribution in [3.8, 4) is 0 Å². The van der Waals surface area contributed by atoms with Gasteiger partial charge in [-0.05, 0) is 80.6 Å². The van der Waals surface area contributed by atoms with Crippen LogP contribution in [0.4, 0.5) is 11.4 Å². The van der Waals surface area contributed by atoms with Crippen LogP contribution >= 0.6 is 0 Å². The summed E-state index contributed by atoms with van der Waals surface area (Å²) in [6, 6.07) is 12.3. The molecule has 0 radical (unpaired) electrons. The zero-order chi connectivity index (χ0) is 23.6. The summed E-state index contributed by atoms with van der Waals surface area (Å²) in [5.74, 6) is 0.178. The maximum atomic E-state index is 12.7. The third kappa shape index (κ3) is 5.28. The molecule has 0 aromatic heterocycles. The van der Waals surface area contributed by atoms with Crippen molar-refractivity contribution >= 4 is 23.1 Å². The topological polar surface area (TPSA) is 81.7 Å². The van der Waals surface area contributed by atoms with Crippen LogP contribution in [0.3, 0.4) is 0 Å². The highest BCUT2D eigenvalue weighted by Gasteiger charge is 2.37. The van der Waals surface area contributed by atoms with Crippen LogP contribution in [0.1, 0.15) is 65.0 Å². The van der Waals surface area contributed by atoms with Crippen molar-refractivity contribution < 1.29 is 14.7 Å². The highest BCUT2D eigenvalue weighted by molar-refractivity contribution is 6.05. The van der Waals surface area contributed by atoms with E-state index in [1.165, 1.54) is 0 Å². The van der Waals surface area contributed by atoms with E-state index in [4.69, 9.17) is 5.11 Å². The van der Waals surface area contributed by atoms with Gasteiger partial charge in [-0.15, -0.1) is 0 Å². The number of nitrogens with zero attached hydrogens (tertiary/aromatic N) is 1. The van der Waals surface area contributed by atoms with Gasteiger partial charge in [0.05, 0.1) is 0 Å². The van der Waals surface area contributed by atoms with E-state index in [0.29, 0.717) is 24.6 Å². The lowest BCUT2D eigenvalue weighted by Crippen LogP contribution is -2.31. The van der Waals surface area contributed by atoms with E-state index in [2.05, 4.69) is 28.5 Å². The van der Waals surface area contributed by atoms with Gasteiger partial charge < -0.3 is 20.6 Å². The molecule has 0 saturated heterocycles. The molecule has 3 N–H and O–H groups in total. The van der Waals surface area contributed by atoms with Crippen LogP contribution in [0, 0.1) is 12.3 Å². The highest BCUT2D eigenvalue weighted by atomic mass is 16.3. The average molecular weight is 450 g/mol. The van der Waals surface area contributed by atoms with Crippen molar-refractivity contribution in [2.24, 2.45) is 5.41 Å². The van der Waals surface area contributed by atoms with Gasteiger partial charge in [0.2, 0.25) is 0 Å². The molecule has 33 heavy (non-hydrogen) atoms. The normalized spacial score (nSPS) is 16.5. The van der Waals surface area contributed by atoms with Crippen molar-refractivity contribution in [3.05, 3.63) is 58.7 Å². The Morgan fingerprint density at radius 3 is 2.67 bits per heavy atom. The molecule has 4 rings (SSSR count). The van der Waals surface area contributed by atoms with Crippen LogP contribution in [0.25, 0.3) is 0 Å². The van der Waals surface area contributed by atoms with Gasteiger partial charge in [0, 0.05) is 53.7 Å². The van der Waals surface area contributed by atoms with Crippen LogP contribution in [0.2, 0.25) is 0 Å². The largest absolute Gasteiger partial charge is 0.396 e. The van der Waals surface area contributed by atoms with Gasteiger partial charge in [-0.25, -0.2) is 0 Å². The third-order valence-corrected chi connectivity index (χ3v) is 6.59. The van der Waals surface area contributed by atoms with Crippen molar-refractivity contribution in [1.29, 1.82) is 0 Å². The lowest BCUT2D eigenvalue weighted by molar-refractivity contribution is 0.0863. The number of benzene rings is 2. The number of hydrogen-bond donors (Lipinski definition) is 3. The summed E-state index contributed by atoms with van der Waals surface area (Å²) in [6.07, 6.45) is 3.56. The van der Waals surface area contributed by atoms with Crippen molar-refractivity contribution in [1.82, 2.24) is 10.6 Å². The highest BCUT2D eigenvalue weighted by Crippen LogP contribution is 2.39. The fraction of sp³-hybridized carbons (Fsp3) is 0.481. The van der Waals surface area contributed by atoms with Crippen LogP contribution < -0.4 is 15.5 Å². The number of aliphatic hydroxyl groups is 1. The summed E-state index contributed by atoms with van der Waals surface area (Å²) in [5.41, 5.74) is 5.30. The molecule has 1 fully saturated rings. The lowest BCUT2D eigenvalue weighted by Gasteiger charge is -2.28. The summed E-state index contributed by atoms with van der Waals surface area (Å²) in [5, 5.41) is 15.5. The Kier molecular flexibility index (Phi) is 6.86. The van der Waals surface area contributed by atoms with Crippen LogP contribution in [0.15, 0.2) is 36.4 Å². The smallest absolute Gasteiger partial charge is 0.251 e. The first-order chi connectivity index (χ1) is 15.8. The SMILES string of the molecule is Cc1ccc(C(=O)NC2CC2)cc1N(CCNCCCO)c1ccc2c(c1)CC(C)(C)C2=O. The van der Waals surface area contributed by atoms with E-state index in [1.54, 1.807) is 0 Å². The Balaban J connectivity index is 1.64. The predicted octanol–water partition coefficient (Wildman–Crippen LogP) is 3.76. The quantitative estimate of drug-likeness (QED) is 0.481. The van der Waals surface area contributed by atoms with Crippen LogP contribution in [-0.2, 0) is 6.42 Å². The standard InChI is InChI=1S/C27H35N3O3/c1-18-5-6-19(26(33)29-21-7-8-21)16-24(18)30(13-12-28-11-4-14-31)22-9-10-23-20(15-22)17-27(2,3)25(23)32/h5-6,9-10,15-16,21,28,31H,4,7-8,11-14,17H2,1-3H3,(H,29,33). The molecule has 0 spiro atoms. The molecule has 6 nitrogen and oxygen atoms in total. The van der Waals surface area contributed by atoms with Gasteiger partial charge in [-0.3, -0.25) is 9.59 Å². The van der Waals surface area contributed by atoms with Gasteiger partial charge >= 0.3 is 0 Å². The number of fused-ring (bicyclic) bond motifs is 1. The number of nitrogens with one attached hydrogen (secondary N) is 2. The second-order valence-corrected chi connectivity index (χ2v) is 9.96. The van der Waals surface area contributed by atoms with E-state index in [-0.39, 0.29) is 23.7 Å². The number of rotatable bonds is 10. The Morgan fingerprint density at radius 1 is 1.15 bits per heavy atom. The molecule has 2 aromatic carbocycles. The first-order valence-electron chi connectivity index (χ1n) is 12.0. The summed E-state index contributed by atoms with van der Waals surface area (Å²) >= 11 is 0. The monoisotopic (exact) mass is 449 g/mol. The molecule has 0 heterocycles. The van der Waals surface area contributed by atoms with Crippen molar-refractivity contribution in [2.45, 2.75) is 52.5 Å². The van der Waals surface area contributed by atoms with Crippen molar-refractivity contribution in [2.75, 3.05) is 31.1 Å². The molecule has 2 aromatic rings. The Morgan fingerprint density at radius 2 is 1.94 bits per heavy atom. The summed E-state index contributed by atoms with van der Waals surface area (Å²) in [7, 11) is 0. The van der Waals surface area contributed by atoms with Gasteiger partial charge in [0.25, 0.3) is 5.91 Å². The lowest BCUT2D eigenvalue weighted by atomic mass is 9.89. The Bertz CT molecular complexity index is 1040. The van der Waals surface area contributed by atoms with Gasteiger partial charge in [-0.1, -0.05) is 19.9 Å². The molecule has 2 aliphatic rings. The van der Waals surface area contributed by atoms with Crippen molar-refractivity contribution in [3.63, 3.8) is 0 Å². The predicted molar refractivity (Wildman–Crippen MR) is 132 cm³/mol. The average Bonchev–Trinajstić information content (AvgIpc) is 3.56. The van der Waals surface area contributed by atoms with E-state index in [0.717, 1.165) is 60.4 Å². The number of ketones is 1. The Hall–Kier alpha value is -2.70. The summed E-state index contributed by atoms with van der Waals surface area (Å²) < 4.78 is 0. The molecule has 1 saturated carbocycles. The molecule has 2 aliphatic carbocycles. The third-order valence-electron chi connectivity index (χ3n) is 6.59. The minimum absolute atomic E-state index is 0.0268. The molecular formula is C27H35N3O3. The van der Waals surface area contributed by atoms with E-state index in [1.807, 2.05) is 44.2 Å². The minimum atomic E-state index is -0.367. The van der Waals surface area contributed by atoms with Crippen LogP contribution in [-0.4, -0.2) is 49.1 Å². The van der Waals surface area contributed by atoms with E-state index in [9.17, 15) is 9.59 Å². The number of aryl methyl sites for hydroxylation is 1.